The van der Waals surface area contributed by atoms with Crippen LogP contribution in [0.25, 0.3) is 0 Å². The molecule has 1 rings (SSSR count). The second-order valence-electron chi connectivity index (χ2n) is 2.28. The Labute approximate surface area is 94.3 Å². The first-order valence-electron chi connectivity index (χ1n) is 3.45. The maximum atomic E-state index is 11.0. The molecule has 13 heavy (non-hydrogen) atoms. The van der Waals surface area contributed by atoms with E-state index in [1.165, 1.54) is 0 Å². The van der Waals surface area contributed by atoms with Crippen LogP contribution in [0.3, 0.4) is 0 Å². The molecule has 0 radical (unpaired) electrons. The van der Waals surface area contributed by atoms with Crippen molar-refractivity contribution >= 4 is 50.7 Å². The quantitative estimate of drug-likeness (QED) is 0.829. The topological polar surface area (TPSA) is 29.1 Å². The molecule has 0 aliphatic rings. The molecule has 0 saturated carbocycles. The number of benzene rings is 1. The Kier molecular flexibility index (Phi) is 4.03. The van der Waals surface area contributed by atoms with E-state index in [1.807, 2.05) is 0 Å². The van der Waals surface area contributed by atoms with Crippen molar-refractivity contribution in [3.8, 4) is 0 Å². The highest BCUT2D eigenvalue weighted by Gasteiger charge is 2.07. The van der Waals surface area contributed by atoms with Gasteiger partial charge in [-0.05, 0) is 12.1 Å². The van der Waals surface area contributed by atoms with Crippen molar-refractivity contribution in [1.29, 1.82) is 0 Å². The standard InChI is InChI=1S/C8H6BrCl2NO/c9-4-7(13)12-8-5(10)2-1-3-6(8)11/h1-3H,4H2,(H,12,13). The molecule has 2 nitrogen and oxygen atoms in total. The smallest absolute Gasteiger partial charge is 0.235 e. The van der Waals surface area contributed by atoms with Crippen LogP contribution >= 0.6 is 39.1 Å². The number of alkyl halides is 1. The second-order valence-corrected chi connectivity index (χ2v) is 3.65. The third-order valence-electron chi connectivity index (χ3n) is 1.35. The molecule has 0 aliphatic heterocycles. The van der Waals surface area contributed by atoms with Crippen LogP contribution in [0.4, 0.5) is 5.69 Å². The zero-order valence-electron chi connectivity index (χ0n) is 6.48. The molecule has 0 spiro atoms. The van der Waals surface area contributed by atoms with Gasteiger partial charge in [-0.3, -0.25) is 4.79 Å². The van der Waals surface area contributed by atoms with Gasteiger partial charge in [-0.2, -0.15) is 0 Å². The lowest BCUT2D eigenvalue weighted by Crippen LogP contribution is -2.12. The van der Waals surface area contributed by atoms with Gasteiger partial charge in [-0.1, -0.05) is 45.2 Å². The summed E-state index contributed by atoms with van der Waals surface area (Å²) in [5, 5.41) is 3.66. The number of hydrogen-bond donors (Lipinski definition) is 1. The first-order valence-corrected chi connectivity index (χ1v) is 5.32. The van der Waals surface area contributed by atoms with E-state index < -0.39 is 0 Å². The van der Waals surface area contributed by atoms with Gasteiger partial charge < -0.3 is 5.32 Å². The predicted molar refractivity (Wildman–Crippen MR) is 58.9 cm³/mol. The zero-order valence-corrected chi connectivity index (χ0v) is 9.58. The molecule has 0 fully saturated rings. The van der Waals surface area contributed by atoms with Gasteiger partial charge in [-0.15, -0.1) is 0 Å². The summed E-state index contributed by atoms with van der Waals surface area (Å²) in [6.45, 7) is 0. The number of anilines is 1. The largest absolute Gasteiger partial charge is 0.323 e. The van der Waals surface area contributed by atoms with Gasteiger partial charge in [0.2, 0.25) is 5.91 Å². The summed E-state index contributed by atoms with van der Waals surface area (Å²) in [5.74, 6) is -0.185. The fourth-order valence-electron chi connectivity index (χ4n) is 0.790. The van der Waals surface area contributed by atoms with Gasteiger partial charge >= 0.3 is 0 Å². The minimum absolute atomic E-state index is 0.185. The first kappa shape index (κ1) is 10.8. The number of nitrogens with one attached hydrogen (secondary N) is 1. The Hall–Kier alpha value is -0.250. The SMILES string of the molecule is O=C(CBr)Nc1c(Cl)cccc1Cl. The van der Waals surface area contributed by atoms with Crippen molar-refractivity contribution in [2.24, 2.45) is 0 Å². The fraction of sp³-hybridized carbons (Fsp3) is 0.125. The van der Waals surface area contributed by atoms with E-state index in [9.17, 15) is 4.79 Å². The summed E-state index contributed by atoms with van der Waals surface area (Å²) in [6, 6.07) is 5.04. The van der Waals surface area contributed by atoms with Gasteiger partial charge in [0.15, 0.2) is 0 Å². The fourth-order valence-corrected chi connectivity index (χ4v) is 1.42. The molecule has 0 aromatic heterocycles. The number of carbonyl (C=O) groups is 1. The van der Waals surface area contributed by atoms with Crippen molar-refractivity contribution < 1.29 is 4.79 Å². The number of hydrogen-bond acceptors (Lipinski definition) is 1. The number of carbonyl (C=O) groups excluding carboxylic acids is 1. The van der Waals surface area contributed by atoms with Crippen molar-refractivity contribution in [2.45, 2.75) is 0 Å². The van der Waals surface area contributed by atoms with E-state index in [4.69, 9.17) is 23.2 Å². The zero-order chi connectivity index (χ0) is 9.84. The molecule has 0 saturated heterocycles. The Balaban J connectivity index is 2.93. The Morgan fingerprint density at radius 1 is 1.38 bits per heavy atom. The first-order chi connectivity index (χ1) is 6.15. The molecule has 70 valence electrons. The number of rotatable bonds is 2. The van der Waals surface area contributed by atoms with Crippen LogP contribution in [0.15, 0.2) is 18.2 Å². The number of halogens is 3. The lowest BCUT2D eigenvalue weighted by molar-refractivity contribution is -0.113. The molecule has 1 N–H and O–H groups in total. The monoisotopic (exact) mass is 281 g/mol. The van der Waals surface area contributed by atoms with Gasteiger partial charge in [0, 0.05) is 0 Å². The van der Waals surface area contributed by atoms with Crippen LogP contribution in [0, 0.1) is 0 Å². The number of para-hydroxylation sites is 1. The molecule has 1 aromatic carbocycles. The summed E-state index contributed by atoms with van der Waals surface area (Å²) < 4.78 is 0. The van der Waals surface area contributed by atoms with Crippen LogP contribution < -0.4 is 5.32 Å². The van der Waals surface area contributed by atoms with Crippen LogP contribution in [0.1, 0.15) is 0 Å². The average molecular weight is 283 g/mol. The summed E-state index contributed by atoms with van der Waals surface area (Å²) in [4.78, 5) is 11.0. The van der Waals surface area contributed by atoms with Crippen molar-refractivity contribution in [2.75, 3.05) is 10.6 Å². The summed E-state index contributed by atoms with van der Waals surface area (Å²) in [6.07, 6.45) is 0. The highest BCUT2D eigenvalue weighted by Crippen LogP contribution is 2.29. The van der Waals surface area contributed by atoms with E-state index in [-0.39, 0.29) is 11.2 Å². The molecule has 0 unspecified atom stereocenters. The van der Waals surface area contributed by atoms with Crippen molar-refractivity contribution in [3.63, 3.8) is 0 Å². The van der Waals surface area contributed by atoms with Gasteiger partial charge in [-0.25, -0.2) is 0 Å². The van der Waals surface area contributed by atoms with E-state index in [1.54, 1.807) is 18.2 Å². The van der Waals surface area contributed by atoms with E-state index >= 15 is 0 Å². The molecular formula is C8H6BrCl2NO. The number of amides is 1. The Bertz CT molecular complexity index is 310. The molecule has 0 aliphatic carbocycles. The molecule has 0 heterocycles. The Morgan fingerprint density at radius 2 is 1.92 bits per heavy atom. The minimum Gasteiger partial charge on any atom is -0.323 e. The maximum absolute atomic E-state index is 11.0. The third kappa shape index (κ3) is 2.86. The molecule has 1 aromatic rings. The van der Waals surface area contributed by atoms with Crippen molar-refractivity contribution in [1.82, 2.24) is 0 Å². The van der Waals surface area contributed by atoms with E-state index in [0.29, 0.717) is 15.7 Å². The average Bonchev–Trinajstić information content (AvgIpc) is 2.11. The lowest BCUT2D eigenvalue weighted by Gasteiger charge is -2.06. The van der Waals surface area contributed by atoms with Gasteiger partial charge in [0.05, 0.1) is 21.1 Å². The van der Waals surface area contributed by atoms with E-state index in [0.717, 1.165) is 0 Å². The van der Waals surface area contributed by atoms with Gasteiger partial charge in [0.25, 0.3) is 0 Å². The van der Waals surface area contributed by atoms with Gasteiger partial charge in [0.1, 0.15) is 0 Å². The molecule has 0 bridgehead atoms. The van der Waals surface area contributed by atoms with Crippen LogP contribution in [-0.4, -0.2) is 11.2 Å². The molecule has 5 heteroatoms. The summed E-state index contributed by atoms with van der Waals surface area (Å²) in [5.41, 5.74) is 0.454. The Morgan fingerprint density at radius 3 is 2.38 bits per heavy atom. The molecule has 1 amide bonds. The second kappa shape index (κ2) is 4.84. The summed E-state index contributed by atoms with van der Waals surface area (Å²) in [7, 11) is 0. The normalized spacial score (nSPS) is 9.77. The van der Waals surface area contributed by atoms with Crippen LogP contribution in [0.2, 0.25) is 10.0 Å². The molecular weight excluding hydrogens is 277 g/mol. The van der Waals surface area contributed by atoms with Crippen molar-refractivity contribution in [3.05, 3.63) is 28.2 Å². The lowest BCUT2D eigenvalue weighted by atomic mass is 10.3. The highest BCUT2D eigenvalue weighted by atomic mass is 79.9. The van der Waals surface area contributed by atoms with Crippen LogP contribution in [-0.2, 0) is 4.79 Å². The van der Waals surface area contributed by atoms with E-state index in [2.05, 4.69) is 21.2 Å². The highest BCUT2D eigenvalue weighted by molar-refractivity contribution is 9.09. The molecule has 0 atom stereocenters. The maximum Gasteiger partial charge on any atom is 0.235 e. The van der Waals surface area contributed by atoms with Crippen LogP contribution in [0.5, 0.6) is 0 Å². The predicted octanol–water partition coefficient (Wildman–Crippen LogP) is 3.33. The minimum atomic E-state index is -0.185. The third-order valence-corrected chi connectivity index (χ3v) is 2.49. The summed E-state index contributed by atoms with van der Waals surface area (Å²) >= 11 is 14.7.